The molecular formula is C17H11N5O. The Labute approximate surface area is 130 Å². The van der Waals surface area contributed by atoms with Crippen LogP contribution in [-0.4, -0.2) is 18.9 Å². The first kappa shape index (κ1) is 13.2. The zero-order valence-corrected chi connectivity index (χ0v) is 12.0. The predicted molar refractivity (Wildman–Crippen MR) is 85.0 cm³/mol. The molecule has 0 spiro atoms. The maximum absolute atomic E-state index is 12.5. The highest BCUT2D eigenvalue weighted by Gasteiger charge is 2.07. The molecule has 110 valence electrons. The molecule has 0 fully saturated rings. The quantitative estimate of drug-likeness (QED) is 0.567. The number of pyridine rings is 3. The van der Waals surface area contributed by atoms with Gasteiger partial charge in [0.25, 0.3) is 5.56 Å². The summed E-state index contributed by atoms with van der Waals surface area (Å²) in [6.07, 6.45) is 8.56. The Hall–Kier alpha value is -3.46. The summed E-state index contributed by atoms with van der Waals surface area (Å²) in [4.78, 5) is 21.0. The van der Waals surface area contributed by atoms with Gasteiger partial charge in [0.1, 0.15) is 11.7 Å². The average Bonchev–Trinajstić information content (AvgIpc) is 2.99. The molecule has 0 unspecified atom stereocenters. The number of hydrogen-bond acceptors (Lipinski definition) is 4. The Morgan fingerprint density at radius 1 is 1.17 bits per heavy atom. The van der Waals surface area contributed by atoms with Crippen LogP contribution in [-0.2, 0) is 6.54 Å². The van der Waals surface area contributed by atoms with E-state index in [0.29, 0.717) is 17.5 Å². The highest BCUT2D eigenvalue weighted by atomic mass is 16.1. The van der Waals surface area contributed by atoms with Gasteiger partial charge in [-0.15, -0.1) is 0 Å². The fraction of sp³-hybridized carbons (Fsp3) is 0.0588. The van der Waals surface area contributed by atoms with E-state index in [-0.39, 0.29) is 5.56 Å². The van der Waals surface area contributed by atoms with Crippen LogP contribution in [0.4, 0.5) is 0 Å². The van der Waals surface area contributed by atoms with Gasteiger partial charge in [0.15, 0.2) is 0 Å². The Bertz CT molecular complexity index is 1130. The van der Waals surface area contributed by atoms with Crippen LogP contribution < -0.4 is 5.56 Å². The molecule has 4 rings (SSSR count). The predicted octanol–water partition coefficient (Wildman–Crippen LogP) is 1.96. The van der Waals surface area contributed by atoms with Gasteiger partial charge in [-0.2, -0.15) is 5.26 Å². The van der Waals surface area contributed by atoms with E-state index in [1.165, 1.54) is 0 Å². The van der Waals surface area contributed by atoms with E-state index in [1.54, 1.807) is 45.9 Å². The number of fused-ring (bicyclic) bond motifs is 2. The van der Waals surface area contributed by atoms with Gasteiger partial charge in [0.2, 0.25) is 0 Å². The van der Waals surface area contributed by atoms with Crippen molar-refractivity contribution in [2.45, 2.75) is 6.54 Å². The molecule has 0 saturated carbocycles. The van der Waals surface area contributed by atoms with Gasteiger partial charge in [-0.1, -0.05) is 0 Å². The fourth-order valence-corrected chi connectivity index (χ4v) is 2.61. The number of imidazole rings is 1. The Morgan fingerprint density at radius 3 is 2.96 bits per heavy atom. The maximum Gasteiger partial charge on any atom is 0.260 e. The third kappa shape index (κ3) is 2.24. The van der Waals surface area contributed by atoms with Gasteiger partial charge >= 0.3 is 0 Å². The van der Waals surface area contributed by atoms with Crippen molar-refractivity contribution in [2.75, 3.05) is 0 Å². The van der Waals surface area contributed by atoms with E-state index in [1.807, 2.05) is 18.3 Å². The molecule has 0 saturated heterocycles. The second kappa shape index (κ2) is 5.07. The second-order valence-electron chi connectivity index (χ2n) is 5.24. The van der Waals surface area contributed by atoms with Crippen molar-refractivity contribution in [2.24, 2.45) is 0 Å². The summed E-state index contributed by atoms with van der Waals surface area (Å²) >= 11 is 0. The lowest BCUT2D eigenvalue weighted by molar-refractivity contribution is 0.752. The summed E-state index contributed by atoms with van der Waals surface area (Å²) in [5.41, 5.74) is 1.97. The monoisotopic (exact) mass is 301 g/mol. The van der Waals surface area contributed by atoms with Crippen molar-refractivity contribution in [1.82, 2.24) is 18.9 Å². The highest BCUT2D eigenvalue weighted by molar-refractivity contribution is 5.80. The maximum atomic E-state index is 12.5. The average molecular weight is 301 g/mol. The molecule has 0 radical (unpaired) electrons. The minimum Gasteiger partial charge on any atom is -0.309 e. The van der Waals surface area contributed by atoms with Crippen LogP contribution in [0.2, 0.25) is 0 Å². The molecule has 23 heavy (non-hydrogen) atoms. The Balaban J connectivity index is 1.77. The number of nitriles is 1. The van der Waals surface area contributed by atoms with Crippen LogP contribution in [0.5, 0.6) is 0 Å². The van der Waals surface area contributed by atoms with Gasteiger partial charge in [-0.05, 0) is 29.7 Å². The highest BCUT2D eigenvalue weighted by Crippen LogP contribution is 2.10. The van der Waals surface area contributed by atoms with Crippen molar-refractivity contribution in [1.29, 1.82) is 5.26 Å². The van der Waals surface area contributed by atoms with Gasteiger partial charge in [-0.3, -0.25) is 9.78 Å². The minimum atomic E-state index is -0.0922. The molecule has 0 amide bonds. The van der Waals surface area contributed by atoms with E-state index in [9.17, 15) is 4.79 Å². The summed E-state index contributed by atoms with van der Waals surface area (Å²) in [6.45, 7) is 0.368. The van der Waals surface area contributed by atoms with Crippen LogP contribution in [0.15, 0.2) is 60.0 Å². The first-order valence-corrected chi connectivity index (χ1v) is 7.05. The lowest BCUT2D eigenvalue weighted by Gasteiger charge is -2.04. The molecule has 0 aliphatic carbocycles. The Kier molecular flexibility index (Phi) is 2.91. The molecule has 4 aromatic rings. The summed E-state index contributed by atoms with van der Waals surface area (Å²) < 4.78 is 3.40. The minimum absolute atomic E-state index is 0.0922. The molecule has 0 aliphatic heterocycles. The van der Waals surface area contributed by atoms with E-state index in [2.05, 4.69) is 16.0 Å². The third-order valence-corrected chi connectivity index (χ3v) is 3.74. The summed E-state index contributed by atoms with van der Waals surface area (Å²) in [7, 11) is 0. The molecule has 4 aromatic heterocycles. The van der Waals surface area contributed by atoms with Crippen LogP contribution in [0.3, 0.4) is 0 Å². The smallest absolute Gasteiger partial charge is 0.260 e. The summed E-state index contributed by atoms with van der Waals surface area (Å²) in [6, 6.07) is 9.31. The van der Waals surface area contributed by atoms with Crippen molar-refractivity contribution in [3.05, 3.63) is 76.9 Å². The van der Waals surface area contributed by atoms with Crippen LogP contribution >= 0.6 is 0 Å². The van der Waals surface area contributed by atoms with Crippen molar-refractivity contribution in [3.63, 3.8) is 0 Å². The van der Waals surface area contributed by atoms with Gasteiger partial charge in [0, 0.05) is 31.0 Å². The largest absolute Gasteiger partial charge is 0.309 e. The van der Waals surface area contributed by atoms with E-state index < -0.39 is 0 Å². The van der Waals surface area contributed by atoms with Crippen LogP contribution in [0, 0.1) is 11.3 Å². The van der Waals surface area contributed by atoms with E-state index in [4.69, 9.17) is 5.26 Å². The molecule has 0 N–H and O–H groups in total. The summed E-state index contributed by atoms with van der Waals surface area (Å²) in [5.74, 6) is 0. The number of hydrogen-bond donors (Lipinski definition) is 0. The SMILES string of the molecule is N#Cc1ccc2nc(Cn3ccc4ccncc4c3=O)cn2c1. The van der Waals surface area contributed by atoms with Crippen molar-refractivity contribution < 1.29 is 0 Å². The molecule has 0 aliphatic rings. The lowest BCUT2D eigenvalue weighted by atomic mass is 10.2. The van der Waals surface area contributed by atoms with E-state index in [0.717, 1.165) is 16.7 Å². The molecule has 6 heteroatoms. The lowest BCUT2D eigenvalue weighted by Crippen LogP contribution is -2.20. The molecule has 6 nitrogen and oxygen atoms in total. The van der Waals surface area contributed by atoms with Gasteiger partial charge in [0.05, 0.1) is 23.2 Å². The standard InChI is InChI=1S/C17H11N5O/c18-7-12-1-2-16-20-14(11-22(16)9-12)10-21-6-4-13-3-5-19-8-15(13)17(21)23/h1-6,8-9,11H,10H2. The summed E-state index contributed by atoms with van der Waals surface area (Å²) in [5, 5.41) is 10.4. The topological polar surface area (TPSA) is 76.0 Å². The molecule has 4 heterocycles. The van der Waals surface area contributed by atoms with Crippen LogP contribution in [0.1, 0.15) is 11.3 Å². The van der Waals surface area contributed by atoms with Crippen LogP contribution in [0.25, 0.3) is 16.4 Å². The van der Waals surface area contributed by atoms with Gasteiger partial charge in [-0.25, -0.2) is 4.98 Å². The molecule has 0 aromatic carbocycles. The molecular weight excluding hydrogens is 290 g/mol. The second-order valence-corrected chi connectivity index (χ2v) is 5.24. The molecule has 0 bridgehead atoms. The van der Waals surface area contributed by atoms with Crippen molar-refractivity contribution >= 4 is 16.4 Å². The zero-order chi connectivity index (χ0) is 15.8. The number of nitrogens with zero attached hydrogens (tertiary/aromatic N) is 5. The Morgan fingerprint density at radius 2 is 2.09 bits per heavy atom. The zero-order valence-electron chi connectivity index (χ0n) is 12.0. The van der Waals surface area contributed by atoms with Crippen molar-refractivity contribution in [3.8, 4) is 6.07 Å². The number of rotatable bonds is 2. The molecule has 0 atom stereocenters. The van der Waals surface area contributed by atoms with Gasteiger partial charge < -0.3 is 8.97 Å². The number of aromatic nitrogens is 4. The normalized spacial score (nSPS) is 10.9. The third-order valence-electron chi connectivity index (χ3n) is 3.74. The first-order chi connectivity index (χ1) is 11.2. The first-order valence-electron chi connectivity index (χ1n) is 7.05. The van der Waals surface area contributed by atoms with E-state index >= 15 is 0 Å². The fourth-order valence-electron chi connectivity index (χ4n) is 2.61.